The second-order valence-corrected chi connectivity index (χ2v) is 6.77. The molecule has 4 heteroatoms. The molecule has 120 valence electrons. The molecule has 0 spiro atoms. The molecule has 21 heavy (non-hydrogen) atoms. The maximum atomic E-state index is 6.04. The second-order valence-electron chi connectivity index (χ2n) is 6.77. The normalized spacial score (nSPS) is 23.9. The van der Waals surface area contributed by atoms with E-state index in [0.717, 1.165) is 44.3 Å². The summed E-state index contributed by atoms with van der Waals surface area (Å²) >= 11 is 0. The lowest BCUT2D eigenvalue weighted by Crippen LogP contribution is -2.46. The van der Waals surface area contributed by atoms with Crippen molar-refractivity contribution in [3.63, 3.8) is 0 Å². The van der Waals surface area contributed by atoms with Gasteiger partial charge in [-0.2, -0.15) is 0 Å². The Balaban J connectivity index is 1.91. The fourth-order valence-electron chi connectivity index (χ4n) is 2.71. The van der Waals surface area contributed by atoms with Gasteiger partial charge in [0.2, 0.25) is 0 Å². The molecule has 0 aliphatic carbocycles. The van der Waals surface area contributed by atoms with Crippen molar-refractivity contribution in [2.24, 2.45) is 5.92 Å². The summed E-state index contributed by atoms with van der Waals surface area (Å²) < 4.78 is 11.7. The van der Waals surface area contributed by atoms with Crippen LogP contribution in [-0.4, -0.2) is 36.7 Å². The van der Waals surface area contributed by atoms with Crippen molar-refractivity contribution in [1.82, 2.24) is 10.2 Å². The summed E-state index contributed by atoms with van der Waals surface area (Å²) in [5.41, 5.74) is 1.25. The average molecular weight is 294 g/mol. The lowest BCUT2D eigenvalue weighted by Gasteiger charge is -2.36. The molecule has 2 heterocycles. The van der Waals surface area contributed by atoms with Crippen LogP contribution in [0, 0.1) is 12.8 Å². The minimum atomic E-state index is 0.310. The van der Waals surface area contributed by atoms with E-state index < -0.39 is 0 Å². The highest BCUT2D eigenvalue weighted by Crippen LogP contribution is 2.20. The van der Waals surface area contributed by atoms with E-state index in [1.165, 1.54) is 5.56 Å². The first kappa shape index (κ1) is 16.5. The zero-order chi connectivity index (χ0) is 15.4. The van der Waals surface area contributed by atoms with Crippen LogP contribution in [0.1, 0.15) is 44.8 Å². The highest BCUT2D eigenvalue weighted by molar-refractivity contribution is 5.20. The van der Waals surface area contributed by atoms with Crippen LogP contribution >= 0.6 is 0 Å². The highest BCUT2D eigenvalue weighted by Gasteiger charge is 2.24. The van der Waals surface area contributed by atoms with E-state index in [9.17, 15) is 0 Å². The molecule has 2 rings (SSSR count). The van der Waals surface area contributed by atoms with Crippen molar-refractivity contribution in [1.29, 1.82) is 0 Å². The topological polar surface area (TPSA) is 37.6 Å². The van der Waals surface area contributed by atoms with E-state index in [4.69, 9.17) is 9.15 Å². The molecule has 2 unspecified atom stereocenters. The molecule has 1 N–H and O–H groups in total. The maximum absolute atomic E-state index is 6.04. The lowest BCUT2D eigenvalue weighted by molar-refractivity contribution is -0.0546. The highest BCUT2D eigenvalue weighted by atomic mass is 16.5. The largest absolute Gasteiger partial charge is 0.463 e. The number of hydrogen-bond donors (Lipinski definition) is 1. The molecule has 1 aromatic heterocycles. The van der Waals surface area contributed by atoms with Gasteiger partial charge in [-0.15, -0.1) is 0 Å². The van der Waals surface area contributed by atoms with Gasteiger partial charge in [-0.3, -0.25) is 4.90 Å². The van der Waals surface area contributed by atoms with Crippen LogP contribution in [0.2, 0.25) is 0 Å². The molecule has 1 fully saturated rings. The van der Waals surface area contributed by atoms with Gasteiger partial charge in [0.1, 0.15) is 11.5 Å². The molecule has 0 amide bonds. The standard InChI is InChI=1S/C17H30N2O2/c1-12(2)7-18-8-17-13(3)6-16(21-17)10-19-9-15(5)20-11-14(19)4/h6,12,14-15,18H,7-11H2,1-5H3. The van der Waals surface area contributed by atoms with Crippen molar-refractivity contribution in [3.05, 3.63) is 23.2 Å². The fourth-order valence-corrected chi connectivity index (χ4v) is 2.71. The van der Waals surface area contributed by atoms with Gasteiger partial charge in [-0.05, 0) is 44.9 Å². The summed E-state index contributed by atoms with van der Waals surface area (Å²) in [5.74, 6) is 2.80. The van der Waals surface area contributed by atoms with Crippen molar-refractivity contribution in [3.8, 4) is 0 Å². The SMILES string of the molecule is Cc1cc(CN2CC(C)OCC2C)oc1CNCC(C)C. The van der Waals surface area contributed by atoms with Gasteiger partial charge in [0.25, 0.3) is 0 Å². The van der Waals surface area contributed by atoms with Gasteiger partial charge in [0, 0.05) is 12.6 Å². The number of ether oxygens (including phenoxy) is 1. The summed E-state index contributed by atoms with van der Waals surface area (Å²) in [6.07, 6.45) is 0.310. The fraction of sp³-hybridized carbons (Fsp3) is 0.765. The van der Waals surface area contributed by atoms with Crippen molar-refractivity contribution in [2.45, 2.75) is 59.9 Å². The minimum absolute atomic E-state index is 0.310. The van der Waals surface area contributed by atoms with E-state index >= 15 is 0 Å². The molecule has 0 aromatic carbocycles. The van der Waals surface area contributed by atoms with E-state index in [2.05, 4.69) is 50.9 Å². The van der Waals surface area contributed by atoms with Gasteiger partial charge in [-0.25, -0.2) is 0 Å². The van der Waals surface area contributed by atoms with Gasteiger partial charge in [0.15, 0.2) is 0 Å². The van der Waals surface area contributed by atoms with Gasteiger partial charge >= 0.3 is 0 Å². The summed E-state index contributed by atoms with van der Waals surface area (Å²) in [4.78, 5) is 2.44. The smallest absolute Gasteiger partial charge is 0.120 e. The average Bonchev–Trinajstić information content (AvgIpc) is 2.74. The first-order valence-electron chi connectivity index (χ1n) is 8.10. The monoisotopic (exact) mass is 294 g/mol. The summed E-state index contributed by atoms with van der Waals surface area (Å²) in [6, 6.07) is 2.63. The number of hydrogen-bond acceptors (Lipinski definition) is 4. The molecular formula is C17H30N2O2. The minimum Gasteiger partial charge on any atom is -0.463 e. The summed E-state index contributed by atoms with van der Waals surface area (Å²) in [5, 5.41) is 3.45. The number of aryl methyl sites for hydroxylation is 1. The van der Waals surface area contributed by atoms with E-state index in [-0.39, 0.29) is 0 Å². The molecular weight excluding hydrogens is 264 g/mol. The Kier molecular flexibility index (Phi) is 5.85. The van der Waals surface area contributed by atoms with Crippen LogP contribution < -0.4 is 5.32 Å². The van der Waals surface area contributed by atoms with Crippen LogP contribution in [0.4, 0.5) is 0 Å². The Labute approximate surface area is 128 Å². The zero-order valence-corrected chi connectivity index (χ0v) is 14.1. The van der Waals surface area contributed by atoms with Crippen molar-refractivity contribution < 1.29 is 9.15 Å². The third-order valence-electron chi connectivity index (χ3n) is 4.01. The predicted molar refractivity (Wildman–Crippen MR) is 85.3 cm³/mol. The summed E-state index contributed by atoms with van der Waals surface area (Å²) in [7, 11) is 0. The van der Waals surface area contributed by atoms with Crippen LogP contribution in [0.25, 0.3) is 0 Å². The molecule has 0 saturated carbocycles. The third-order valence-corrected chi connectivity index (χ3v) is 4.01. The Bertz CT molecular complexity index is 442. The molecule has 2 atom stereocenters. The molecule has 1 aliphatic rings. The molecule has 1 aromatic rings. The summed E-state index contributed by atoms with van der Waals surface area (Å²) in [6.45, 7) is 15.4. The first-order valence-corrected chi connectivity index (χ1v) is 8.10. The first-order chi connectivity index (χ1) is 9.95. The number of nitrogens with one attached hydrogen (secondary N) is 1. The van der Waals surface area contributed by atoms with Crippen LogP contribution in [0.3, 0.4) is 0 Å². The maximum Gasteiger partial charge on any atom is 0.120 e. The van der Waals surface area contributed by atoms with Crippen molar-refractivity contribution >= 4 is 0 Å². The lowest BCUT2D eigenvalue weighted by atomic mass is 10.2. The van der Waals surface area contributed by atoms with E-state index in [1.807, 2.05) is 0 Å². The molecule has 1 saturated heterocycles. The number of nitrogens with zero attached hydrogens (tertiary/aromatic N) is 1. The Morgan fingerprint density at radius 1 is 1.38 bits per heavy atom. The molecule has 1 aliphatic heterocycles. The van der Waals surface area contributed by atoms with Crippen LogP contribution in [0.15, 0.2) is 10.5 Å². The Hall–Kier alpha value is -0.840. The molecule has 0 bridgehead atoms. The zero-order valence-electron chi connectivity index (χ0n) is 14.1. The van der Waals surface area contributed by atoms with Crippen LogP contribution in [0.5, 0.6) is 0 Å². The number of furan rings is 1. The Morgan fingerprint density at radius 2 is 2.14 bits per heavy atom. The van der Waals surface area contributed by atoms with Gasteiger partial charge in [0.05, 0.1) is 25.8 Å². The third kappa shape index (κ3) is 4.83. The number of morpholine rings is 1. The van der Waals surface area contributed by atoms with E-state index in [0.29, 0.717) is 18.1 Å². The van der Waals surface area contributed by atoms with Crippen molar-refractivity contribution in [2.75, 3.05) is 19.7 Å². The van der Waals surface area contributed by atoms with Gasteiger partial charge in [-0.1, -0.05) is 13.8 Å². The quantitative estimate of drug-likeness (QED) is 0.875. The second kappa shape index (κ2) is 7.43. The Morgan fingerprint density at radius 3 is 2.86 bits per heavy atom. The van der Waals surface area contributed by atoms with E-state index in [1.54, 1.807) is 0 Å². The van der Waals surface area contributed by atoms with Gasteiger partial charge < -0.3 is 14.5 Å². The predicted octanol–water partition coefficient (Wildman–Crippen LogP) is 2.94. The van der Waals surface area contributed by atoms with Crippen LogP contribution in [-0.2, 0) is 17.8 Å². The molecule has 0 radical (unpaired) electrons. The molecule has 4 nitrogen and oxygen atoms in total. The number of rotatable bonds is 6.